The summed E-state index contributed by atoms with van der Waals surface area (Å²) in [5, 5.41) is 3.26. The van der Waals surface area contributed by atoms with E-state index in [1.54, 1.807) is 7.05 Å². The minimum absolute atomic E-state index is 0. The van der Waals surface area contributed by atoms with E-state index in [9.17, 15) is 0 Å². The second-order valence-corrected chi connectivity index (χ2v) is 3.69. The minimum Gasteiger partial charge on any atom is -0.381 e. The topological polar surface area (TPSA) is 36.9 Å². The Morgan fingerprint density at radius 2 is 1.88 bits per heavy atom. The SMILES string of the molecule is CCCCOCCCNC(=NC)N(C)C.I. The molecule has 0 rings (SSSR count). The molecule has 0 aliphatic rings. The van der Waals surface area contributed by atoms with E-state index in [4.69, 9.17) is 4.74 Å². The van der Waals surface area contributed by atoms with Crippen LogP contribution >= 0.6 is 24.0 Å². The fourth-order valence-electron chi connectivity index (χ4n) is 1.16. The number of hydrogen-bond acceptors (Lipinski definition) is 2. The predicted molar refractivity (Wildman–Crippen MR) is 80.8 cm³/mol. The molecule has 0 bridgehead atoms. The normalized spacial score (nSPS) is 10.9. The van der Waals surface area contributed by atoms with Gasteiger partial charge in [-0.3, -0.25) is 4.99 Å². The van der Waals surface area contributed by atoms with Crippen molar-refractivity contribution in [2.45, 2.75) is 26.2 Å². The summed E-state index contributed by atoms with van der Waals surface area (Å²) in [6.45, 7) is 4.80. The van der Waals surface area contributed by atoms with E-state index in [0.717, 1.165) is 38.6 Å². The van der Waals surface area contributed by atoms with Crippen molar-refractivity contribution in [1.82, 2.24) is 10.2 Å². The van der Waals surface area contributed by atoms with Crippen LogP contribution in [0.1, 0.15) is 26.2 Å². The van der Waals surface area contributed by atoms with Crippen LogP contribution in [0.3, 0.4) is 0 Å². The maximum Gasteiger partial charge on any atom is 0.193 e. The molecule has 0 saturated carbocycles. The summed E-state index contributed by atoms with van der Waals surface area (Å²) >= 11 is 0. The maximum atomic E-state index is 5.46. The van der Waals surface area contributed by atoms with Gasteiger partial charge in [-0.05, 0) is 12.8 Å². The lowest BCUT2D eigenvalue weighted by atomic mass is 10.4. The second kappa shape index (κ2) is 13.0. The van der Waals surface area contributed by atoms with Crippen LogP contribution in [0.15, 0.2) is 4.99 Å². The molecule has 98 valence electrons. The fourth-order valence-corrected chi connectivity index (χ4v) is 1.16. The van der Waals surface area contributed by atoms with E-state index >= 15 is 0 Å². The molecule has 0 spiro atoms. The maximum absolute atomic E-state index is 5.46. The summed E-state index contributed by atoms with van der Waals surface area (Å²) in [4.78, 5) is 6.10. The number of rotatable bonds is 7. The average Bonchev–Trinajstić information content (AvgIpc) is 2.21. The number of guanidine groups is 1. The number of unbranched alkanes of at least 4 members (excludes halogenated alkanes) is 1. The first kappa shape index (κ1) is 18.3. The van der Waals surface area contributed by atoms with Gasteiger partial charge in [0.05, 0.1) is 0 Å². The lowest BCUT2D eigenvalue weighted by molar-refractivity contribution is 0.129. The van der Waals surface area contributed by atoms with Gasteiger partial charge in [0, 0.05) is 40.9 Å². The van der Waals surface area contributed by atoms with E-state index in [-0.39, 0.29) is 24.0 Å². The smallest absolute Gasteiger partial charge is 0.193 e. The molecule has 0 unspecified atom stereocenters. The van der Waals surface area contributed by atoms with E-state index in [1.807, 2.05) is 19.0 Å². The summed E-state index contributed by atoms with van der Waals surface area (Å²) in [6.07, 6.45) is 3.38. The van der Waals surface area contributed by atoms with Gasteiger partial charge in [0.25, 0.3) is 0 Å². The molecule has 0 aromatic rings. The third-order valence-electron chi connectivity index (χ3n) is 2.03. The predicted octanol–water partition coefficient (Wildman–Crippen LogP) is 1.95. The van der Waals surface area contributed by atoms with Gasteiger partial charge in [0.1, 0.15) is 0 Å². The minimum atomic E-state index is 0. The van der Waals surface area contributed by atoms with Crippen molar-refractivity contribution in [1.29, 1.82) is 0 Å². The number of halogens is 1. The van der Waals surface area contributed by atoms with E-state index in [0.29, 0.717) is 0 Å². The largest absolute Gasteiger partial charge is 0.381 e. The van der Waals surface area contributed by atoms with Gasteiger partial charge in [-0.15, -0.1) is 24.0 Å². The molecule has 0 radical (unpaired) electrons. The summed E-state index contributed by atoms with van der Waals surface area (Å²) in [5.41, 5.74) is 0. The molecule has 0 aliphatic carbocycles. The van der Waals surface area contributed by atoms with Crippen LogP contribution in [-0.2, 0) is 4.74 Å². The molecule has 0 aromatic carbocycles. The van der Waals surface area contributed by atoms with Gasteiger partial charge in [0.2, 0.25) is 0 Å². The molecule has 1 N–H and O–H groups in total. The van der Waals surface area contributed by atoms with Crippen LogP contribution < -0.4 is 5.32 Å². The van der Waals surface area contributed by atoms with Gasteiger partial charge in [-0.2, -0.15) is 0 Å². The third kappa shape index (κ3) is 10.5. The number of nitrogens with zero attached hydrogens (tertiary/aromatic N) is 2. The van der Waals surface area contributed by atoms with Crippen molar-refractivity contribution >= 4 is 29.9 Å². The standard InChI is InChI=1S/C11H25N3O.HI/c1-5-6-9-15-10-7-8-13-11(12-2)14(3)4;/h5-10H2,1-4H3,(H,12,13);1H. The zero-order chi connectivity index (χ0) is 11.5. The van der Waals surface area contributed by atoms with Crippen molar-refractivity contribution in [3.8, 4) is 0 Å². The summed E-state index contributed by atoms with van der Waals surface area (Å²) < 4.78 is 5.46. The first-order chi connectivity index (χ1) is 7.22. The van der Waals surface area contributed by atoms with E-state index < -0.39 is 0 Å². The van der Waals surface area contributed by atoms with Crippen LogP contribution in [-0.4, -0.2) is 51.8 Å². The molecule has 0 aromatic heterocycles. The van der Waals surface area contributed by atoms with Gasteiger partial charge < -0.3 is 15.0 Å². The highest BCUT2D eigenvalue weighted by Crippen LogP contribution is 1.89. The first-order valence-electron chi connectivity index (χ1n) is 5.68. The van der Waals surface area contributed by atoms with Crippen LogP contribution in [0.25, 0.3) is 0 Å². The Kier molecular flexibility index (Phi) is 14.9. The highest BCUT2D eigenvalue weighted by atomic mass is 127. The lowest BCUT2D eigenvalue weighted by Crippen LogP contribution is -2.37. The Balaban J connectivity index is 0. The van der Waals surface area contributed by atoms with Crippen LogP contribution in [0.2, 0.25) is 0 Å². The molecule has 0 fully saturated rings. The molecule has 0 atom stereocenters. The molecular weight excluding hydrogens is 317 g/mol. The quantitative estimate of drug-likeness (QED) is 0.332. The zero-order valence-electron chi connectivity index (χ0n) is 11.0. The Morgan fingerprint density at radius 3 is 2.38 bits per heavy atom. The fraction of sp³-hybridized carbons (Fsp3) is 0.909. The van der Waals surface area contributed by atoms with Gasteiger partial charge >= 0.3 is 0 Å². The number of aliphatic imine (C=N–C) groups is 1. The molecule has 16 heavy (non-hydrogen) atoms. The Hall–Kier alpha value is -0.0400. The number of ether oxygens (including phenoxy) is 1. The summed E-state index contributed by atoms with van der Waals surface area (Å²) in [7, 11) is 5.75. The van der Waals surface area contributed by atoms with Crippen LogP contribution in [0.5, 0.6) is 0 Å². The van der Waals surface area contributed by atoms with Gasteiger partial charge in [0.15, 0.2) is 5.96 Å². The molecule has 0 saturated heterocycles. The lowest BCUT2D eigenvalue weighted by Gasteiger charge is -2.16. The van der Waals surface area contributed by atoms with Crippen molar-refractivity contribution in [2.24, 2.45) is 4.99 Å². The average molecular weight is 343 g/mol. The Bertz CT molecular complexity index is 175. The monoisotopic (exact) mass is 343 g/mol. The summed E-state index contributed by atoms with van der Waals surface area (Å²) in [5.74, 6) is 0.920. The molecule has 0 heterocycles. The molecule has 4 nitrogen and oxygen atoms in total. The Labute approximate surface area is 117 Å². The number of nitrogens with one attached hydrogen (secondary N) is 1. The highest BCUT2D eigenvalue weighted by molar-refractivity contribution is 14.0. The molecular formula is C11H26IN3O. The third-order valence-corrected chi connectivity index (χ3v) is 2.03. The van der Waals surface area contributed by atoms with E-state index in [1.165, 1.54) is 6.42 Å². The summed E-state index contributed by atoms with van der Waals surface area (Å²) in [6, 6.07) is 0. The molecule has 0 aliphatic heterocycles. The number of hydrogen-bond donors (Lipinski definition) is 1. The van der Waals surface area contributed by atoms with Crippen LogP contribution in [0, 0.1) is 0 Å². The van der Waals surface area contributed by atoms with Crippen molar-refractivity contribution in [3.05, 3.63) is 0 Å². The van der Waals surface area contributed by atoms with Crippen molar-refractivity contribution < 1.29 is 4.74 Å². The molecule has 0 amide bonds. The van der Waals surface area contributed by atoms with Crippen molar-refractivity contribution in [2.75, 3.05) is 40.9 Å². The Morgan fingerprint density at radius 1 is 1.25 bits per heavy atom. The second-order valence-electron chi connectivity index (χ2n) is 3.69. The van der Waals surface area contributed by atoms with Gasteiger partial charge in [-0.1, -0.05) is 13.3 Å². The van der Waals surface area contributed by atoms with Crippen LogP contribution in [0.4, 0.5) is 0 Å². The van der Waals surface area contributed by atoms with E-state index in [2.05, 4.69) is 17.2 Å². The van der Waals surface area contributed by atoms with Gasteiger partial charge in [-0.25, -0.2) is 0 Å². The first-order valence-corrected chi connectivity index (χ1v) is 5.68. The molecule has 5 heteroatoms. The highest BCUT2D eigenvalue weighted by Gasteiger charge is 1.97. The van der Waals surface area contributed by atoms with Crippen molar-refractivity contribution in [3.63, 3.8) is 0 Å². The zero-order valence-corrected chi connectivity index (χ0v) is 13.3.